The zero-order valence-electron chi connectivity index (χ0n) is 22.2. The molecular formula is C29H33N3O5. The summed E-state index contributed by atoms with van der Waals surface area (Å²) in [6, 6.07) is 15.6. The summed E-state index contributed by atoms with van der Waals surface area (Å²) in [4.78, 5) is 26.8. The van der Waals surface area contributed by atoms with Crippen molar-refractivity contribution in [1.82, 2.24) is 13.7 Å². The standard InChI is InChI=1S/C29H33N3O5/c1-7-35-20-15-14-19(16-21(20)36-8-2)26-25-24-22(27(33)31(6)28(34)30(24)5)23(18-12-10-9-11-13-18)32(25)29(3,4)17-37-26/h9-16,26H,7-8,17H2,1-6H3/t26-/m0/s1. The van der Waals surface area contributed by atoms with E-state index in [0.29, 0.717) is 42.2 Å². The highest BCUT2D eigenvalue weighted by molar-refractivity contribution is 5.96. The molecule has 1 atom stereocenters. The number of nitrogens with zero attached hydrogens (tertiary/aromatic N) is 3. The average molecular weight is 504 g/mol. The van der Waals surface area contributed by atoms with E-state index in [-0.39, 0.29) is 11.2 Å². The summed E-state index contributed by atoms with van der Waals surface area (Å²) in [6.45, 7) is 9.46. The van der Waals surface area contributed by atoms with Gasteiger partial charge in [-0.25, -0.2) is 4.79 Å². The first-order valence-electron chi connectivity index (χ1n) is 12.6. The van der Waals surface area contributed by atoms with Crippen LogP contribution in [0.3, 0.4) is 0 Å². The molecule has 194 valence electrons. The Balaban J connectivity index is 1.90. The summed E-state index contributed by atoms with van der Waals surface area (Å²) in [7, 11) is 3.23. The third-order valence-electron chi connectivity index (χ3n) is 6.98. The number of fused-ring (bicyclic) bond motifs is 3. The molecule has 0 unspecified atom stereocenters. The lowest BCUT2D eigenvalue weighted by Gasteiger charge is -2.39. The van der Waals surface area contributed by atoms with E-state index in [1.165, 1.54) is 11.6 Å². The van der Waals surface area contributed by atoms with Gasteiger partial charge in [0.05, 0.1) is 47.7 Å². The molecule has 0 saturated heterocycles. The summed E-state index contributed by atoms with van der Waals surface area (Å²) in [5.74, 6) is 1.29. The zero-order chi connectivity index (χ0) is 26.5. The van der Waals surface area contributed by atoms with E-state index in [1.54, 1.807) is 11.6 Å². The number of benzene rings is 2. The van der Waals surface area contributed by atoms with E-state index in [1.807, 2.05) is 62.4 Å². The van der Waals surface area contributed by atoms with Crippen LogP contribution >= 0.6 is 0 Å². The molecule has 37 heavy (non-hydrogen) atoms. The minimum Gasteiger partial charge on any atom is -0.490 e. The fourth-order valence-corrected chi connectivity index (χ4v) is 5.35. The largest absolute Gasteiger partial charge is 0.490 e. The molecule has 8 heteroatoms. The van der Waals surface area contributed by atoms with Crippen molar-refractivity contribution in [2.24, 2.45) is 14.1 Å². The summed E-state index contributed by atoms with van der Waals surface area (Å²) in [6.07, 6.45) is -0.527. The average Bonchev–Trinajstić information content (AvgIpc) is 3.26. The van der Waals surface area contributed by atoms with Crippen LogP contribution in [0.15, 0.2) is 58.1 Å². The van der Waals surface area contributed by atoms with Gasteiger partial charge in [-0.15, -0.1) is 0 Å². The van der Waals surface area contributed by atoms with Crippen molar-refractivity contribution >= 4 is 10.9 Å². The van der Waals surface area contributed by atoms with Gasteiger partial charge in [0.1, 0.15) is 6.10 Å². The summed E-state index contributed by atoms with van der Waals surface area (Å²) < 4.78 is 23.1. The number of hydrogen-bond acceptors (Lipinski definition) is 5. The molecule has 1 aliphatic heterocycles. The molecule has 0 spiro atoms. The molecule has 2 aromatic carbocycles. The van der Waals surface area contributed by atoms with Crippen molar-refractivity contribution in [1.29, 1.82) is 0 Å². The van der Waals surface area contributed by atoms with E-state index in [4.69, 9.17) is 14.2 Å². The Labute approximate surface area is 215 Å². The minimum atomic E-state index is -0.527. The van der Waals surface area contributed by atoms with Gasteiger partial charge in [0.2, 0.25) is 0 Å². The smallest absolute Gasteiger partial charge is 0.331 e. The molecule has 2 aromatic heterocycles. The first-order chi connectivity index (χ1) is 17.7. The lowest BCUT2D eigenvalue weighted by Crippen LogP contribution is -2.40. The lowest BCUT2D eigenvalue weighted by atomic mass is 9.97. The first-order valence-corrected chi connectivity index (χ1v) is 12.6. The normalized spacial score (nSPS) is 16.5. The van der Waals surface area contributed by atoms with Crippen LogP contribution in [0.25, 0.3) is 22.2 Å². The van der Waals surface area contributed by atoms with Crippen LogP contribution in [0, 0.1) is 0 Å². The zero-order valence-corrected chi connectivity index (χ0v) is 22.2. The SMILES string of the molecule is CCOc1ccc([C@@H]2OCC(C)(C)n3c(-c4ccccc4)c4c(=O)n(C)c(=O)n(C)c4c32)cc1OCC. The molecular weight excluding hydrogens is 470 g/mol. The summed E-state index contributed by atoms with van der Waals surface area (Å²) in [5, 5.41) is 0.505. The number of rotatable bonds is 6. The quantitative estimate of drug-likeness (QED) is 0.391. The molecule has 3 heterocycles. The van der Waals surface area contributed by atoms with Gasteiger partial charge >= 0.3 is 5.69 Å². The number of aromatic nitrogens is 3. The lowest BCUT2D eigenvalue weighted by molar-refractivity contribution is -0.00718. The molecule has 0 aliphatic carbocycles. The highest BCUT2D eigenvalue weighted by Crippen LogP contribution is 2.46. The Hall–Kier alpha value is -3.78. The maximum Gasteiger partial charge on any atom is 0.331 e. The summed E-state index contributed by atoms with van der Waals surface area (Å²) >= 11 is 0. The molecule has 0 fully saturated rings. The Morgan fingerprint density at radius 2 is 1.62 bits per heavy atom. The first kappa shape index (κ1) is 24.9. The maximum absolute atomic E-state index is 13.7. The molecule has 0 bridgehead atoms. The van der Waals surface area contributed by atoms with E-state index < -0.39 is 11.6 Å². The van der Waals surface area contributed by atoms with Gasteiger partial charge in [0.25, 0.3) is 5.56 Å². The van der Waals surface area contributed by atoms with Crippen LogP contribution in [-0.4, -0.2) is 33.5 Å². The topological polar surface area (TPSA) is 76.6 Å². The van der Waals surface area contributed by atoms with Crippen molar-refractivity contribution in [3.05, 3.63) is 80.6 Å². The second-order valence-electron chi connectivity index (χ2n) is 9.94. The molecule has 0 saturated carbocycles. The Bertz CT molecular complexity index is 1590. The van der Waals surface area contributed by atoms with Gasteiger partial charge in [-0.1, -0.05) is 36.4 Å². The number of hydrogen-bond donors (Lipinski definition) is 0. The van der Waals surface area contributed by atoms with Crippen LogP contribution in [0.1, 0.15) is 45.1 Å². The van der Waals surface area contributed by atoms with Gasteiger partial charge < -0.3 is 18.8 Å². The second-order valence-corrected chi connectivity index (χ2v) is 9.94. The fraction of sp³-hybridized carbons (Fsp3) is 0.379. The van der Waals surface area contributed by atoms with Gasteiger partial charge in [-0.3, -0.25) is 13.9 Å². The van der Waals surface area contributed by atoms with Crippen molar-refractivity contribution in [3.63, 3.8) is 0 Å². The fourth-order valence-electron chi connectivity index (χ4n) is 5.35. The Kier molecular flexibility index (Phi) is 6.23. The van der Waals surface area contributed by atoms with Crippen molar-refractivity contribution < 1.29 is 14.2 Å². The highest BCUT2D eigenvalue weighted by atomic mass is 16.5. The molecule has 5 rings (SSSR count). The molecule has 0 amide bonds. The Morgan fingerprint density at radius 3 is 2.30 bits per heavy atom. The van der Waals surface area contributed by atoms with E-state index in [0.717, 1.165) is 22.5 Å². The molecule has 0 N–H and O–H groups in total. The minimum absolute atomic E-state index is 0.324. The van der Waals surface area contributed by atoms with Crippen LogP contribution in [-0.2, 0) is 24.4 Å². The predicted molar refractivity (Wildman–Crippen MR) is 144 cm³/mol. The van der Waals surface area contributed by atoms with Crippen LogP contribution in [0.4, 0.5) is 0 Å². The van der Waals surface area contributed by atoms with E-state index >= 15 is 0 Å². The molecule has 1 aliphatic rings. The number of ether oxygens (including phenoxy) is 3. The highest BCUT2D eigenvalue weighted by Gasteiger charge is 2.40. The van der Waals surface area contributed by atoms with Crippen LogP contribution in [0.5, 0.6) is 11.5 Å². The third-order valence-corrected chi connectivity index (χ3v) is 6.98. The second kappa shape index (κ2) is 9.27. The third kappa shape index (κ3) is 3.87. The van der Waals surface area contributed by atoms with Crippen LogP contribution in [0.2, 0.25) is 0 Å². The molecule has 8 nitrogen and oxygen atoms in total. The van der Waals surface area contributed by atoms with E-state index in [2.05, 4.69) is 18.4 Å². The van der Waals surface area contributed by atoms with Crippen LogP contribution < -0.4 is 20.7 Å². The van der Waals surface area contributed by atoms with Crippen molar-refractivity contribution in [2.75, 3.05) is 19.8 Å². The van der Waals surface area contributed by atoms with Crippen molar-refractivity contribution in [3.8, 4) is 22.8 Å². The van der Waals surface area contributed by atoms with Gasteiger partial charge in [0.15, 0.2) is 11.5 Å². The predicted octanol–water partition coefficient (Wildman–Crippen LogP) is 4.36. The van der Waals surface area contributed by atoms with Gasteiger partial charge in [-0.2, -0.15) is 0 Å². The summed E-state index contributed by atoms with van der Waals surface area (Å²) in [5.41, 5.74) is 2.72. The maximum atomic E-state index is 13.7. The van der Waals surface area contributed by atoms with Gasteiger partial charge in [-0.05, 0) is 51.0 Å². The number of aryl methyl sites for hydroxylation is 1. The monoisotopic (exact) mass is 503 g/mol. The molecule has 4 aromatic rings. The van der Waals surface area contributed by atoms with Crippen molar-refractivity contribution in [2.45, 2.75) is 39.3 Å². The van der Waals surface area contributed by atoms with E-state index in [9.17, 15) is 9.59 Å². The Morgan fingerprint density at radius 1 is 0.946 bits per heavy atom. The van der Waals surface area contributed by atoms with Gasteiger partial charge in [0, 0.05) is 14.1 Å². The molecule has 0 radical (unpaired) electrons.